The Balaban J connectivity index is 2.06. The molecule has 1 N–H and O–H groups in total. The molecule has 1 unspecified atom stereocenters. The molecule has 3 aromatic carbocycles. The predicted molar refractivity (Wildman–Crippen MR) is 162 cm³/mol. The molecule has 7 nitrogen and oxygen atoms in total. The van der Waals surface area contributed by atoms with Gasteiger partial charge in [0.15, 0.2) is 0 Å². The smallest absolute Gasteiger partial charge is 0.244 e. The van der Waals surface area contributed by atoms with Gasteiger partial charge in [-0.25, -0.2) is 8.42 Å². The molecule has 0 spiro atoms. The highest BCUT2D eigenvalue weighted by molar-refractivity contribution is 7.92. The lowest BCUT2D eigenvalue weighted by atomic mass is 10.0. The SMILES string of the molecule is CCCCNC(=O)C(Cc1ccccc1)N(Cc1ccccc1C)C(=O)CN(c1cc(Cl)cc(Cl)c1)S(C)(=O)=O. The molecule has 0 aliphatic heterocycles. The highest BCUT2D eigenvalue weighted by atomic mass is 35.5. The summed E-state index contributed by atoms with van der Waals surface area (Å²) in [6.45, 7) is 4.03. The first-order chi connectivity index (χ1) is 19.0. The Morgan fingerprint density at radius 3 is 2.17 bits per heavy atom. The second-order valence-corrected chi connectivity index (χ2v) is 12.5. The molecule has 3 aromatic rings. The third kappa shape index (κ3) is 8.98. The molecule has 40 heavy (non-hydrogen) atoms. The van der Waals surface area contributed by atoms with E-state index >= 15 is 0 Å². The van der Waals surface area contributed by atoms with Crippen LogP contribution in [0.4, 0.5) is 5.69 Å². The predicted octanol–water partition coefficient (Wildman–Crippen LogP) is 5.62. The first-order valence-electron chi connectivity index (χ1n) is 13.1. The van der Waals surface area contributed by atoms with Crippen molar-refractivity contribution in [2.24, 2.45) is 0 Å². The number of hydrogen-bond donors (Lipinski definition) is 1. The van der Waals surface area contributed by atoms with Gasteiger partial charge in [0.2, 0.25) is 21.8 Å². The van der Waals surface area contributed by atoms with Crippen LogP contribution in [0.1, 0.15) is 36.5 Å². The molecular weight excluding hydrogens is 569 g/mol. The molecule has 1 atom stereocenters. The number of benzene rings is 3. The number of unbranched alkanes of at least 4 members (excludes halogenated alkanes) is 1. The van der Waals surface area contributed by atoms with Gasteiger partial charge in [0.05, 0.1) is 11.9 Å². The number of sulfonamides is 1. The summed E-state index contributed by atoms with van der Waals surface area (Å²) in [6, 6.07) is 20.5. The fraction of sp³-hybridized carbons (Fsp3) is 0.333. The Morgan fingerprint density at radius 1 is 0.950 bits per heavy atom. The van der Waals surface area contributed by atoms with Crippen LogP contribution in [0, 0.1) is 6.92 Å². The average molecular weight is 605 g/mol. The van der Waals surface area contributed by atoms with E-state index in [1.54, 1.807) is 0 Å². The molecule has 0 saturated heterocycles. The molecule has 10 heteroatoms. The van der Waals surface area contributed by atoms with Crippen molar-refractivity contribution >= 4 is 50.7 Å². The monoisotopic (exact) mass is 603 g/mol. The zero-order chi connectivity index (χ0) is 29.3. The van der Waals surface area contributed by atoms with Crippen LogP contribution < -0.4 is 9.62 Å². The maximum atomic E-state index is 14.1. The summed E-state index contributed by atoms with van der Waals surface area (Å²) in [6.07, 6.45) is 2.98. The lowest BCUT2D eigenvalue weighted by Crippen LogP contribution is -2.53. The van der Waals surface area contributed by atoms with Gasteiger partial charge in [0, 0.05) is 29.6 Å². The van der Waals surface area contributed by atoms with Crippen molar-refractivity contribution in [3.05, 3.63) is 99.5 Å². The standard InChI is InChI=1S/C30H35Cl2N3O4S/c1-4-5-15-33-30(37)28(16-23-12-7-6-8-13-23)34(20-24-14-10-9-11-22(24)2)29(36)21-35(40(3,38)39)27-18-25(31)17-26(32)19-27/h6-14,17-19,28H,4-5,15-16,20-21H2,1-3H3,(H,33,37). The van der Waals surface area contributed by atoms with Gasteiger partial charge in [-0.3, -0.25) is 13.9 Å². The number of halogens is 2. The number of nitrogens with one attached hydrogen (secondary N) is 1. The lowest BCUT2D eigenvalue weighted by Gasteiger charge is -2.34. The van der Waals surface area contributed by atoms with E-state index in [-0.39, 0.29) is 34.6 Å². The quantitative estimate of drug-likeness (QED) is 0.257. The minimum absolute atomic E-state index is 0.123. The molecule has 0 saturated carbocycles. The summed E-state index contributed by atoms with van der Waals surface area (Å²) in [5.74, 6) is -0.827. The molecule has 0 bridgehead atoms. The zero-order valence-corrected chi connectivity index (χ0v) is 25.3. The lowest BCUT2D eigenvalue weighted by molar-refractivity contribution is -0.140. The third-order valence-corrected chi connectivity index (χ3v) is 8.09. The summed E-state index contributed by atoms with van der Waals surface area (Å²) in [5.41, 5.74) is 2.84. The van der Waals surface area contributed by atoms with Gasteiger partial charge in [-0.2, -0.15) is 0 Å². The highest BCUT2D eigenvalue weighted by Gasteiger charge is 2.33. The van der Waals surface area contributed by atoms with Crippen molar-refractivity contribution in [2.75, 3.05) is 23.7 Å². The normalized spacial score (nSPS) is 12.0. The Hall–Kier alpha value is -3.07. The molecule has 0 heterocycles. The fourth-order valence-electron chi connectivity index (χ4n) is 4.33. The van der Waals surface area contributed by atoms with Gasteiger partial charge in [0.1, 0.15) is 12.6 Å². The van der Waals surface area contributed by atoms with Crippen LogP contribution in [-0.4, -0.2) is 50.5 Å². The minimum atomic E-state index is -3.92. The Morgan fingerprint density at radius 2 is 1.57 bits per heavy atom. The first kappa shape index (κ1) is 31.5. The molecule has 0 aromatic heterocycles. The third-order valence-electron chi connectivity index (χ3n) is 6.52. The van der Waals surface area contributed by atoms with Crippen molar-refractivity contribution < 1.29 is 18.0 Å². The van der Waals surface area contributed by atoms with E-state index in [2.05, 4.69) is 5.32 Å². The number of nitrogens with zero attached hydrogens (tertiary/aromatic N) is 2. The van der Waals surface area contributed by atoms with Crippen LogP contribution in [0.3, 0.4) is 0 Å². The molecule has 0 aliphatic carbocycles. The largest absolute Gasteiger partial charge is 0.354 e. The van der Waals surface area contributed by atoms with Crippen LogP contribution in [-0.2, 0) is 32.6 Å². The van der Waals surface area contributed by atoms with Gasteiger partial charge >= 0.3 is 0 Å². The summed E-state index contributed by atoms with van der Waals surface area (Å²) >= 11 is 12.3. The maximum absolute atomic E-state index is 14.1. The van der Waals surface area contributed by atoms with E-state index in [0.29, 0.717) is 6.54 Å². The number of anilines is 1. The van der Waals surface area contributed by atoms with Crippen molar-refractivity contribution in [1.82, 2.24) is 10.2 Å². The Labute approximate surface area is 247 Å². The Kier molecular flexibility index (Phi) is 11.4. The van der Waals surface area contributed by atoms with Crippen LogP contribution in [0.15, 0.2) is 72.8 Å². The molecule has 0 fully saturated rings. The van der Waals surface area contributed by atoms with Crippen molar-refractivity contribution in [1.29, 1.82) is 0 Å². The maximum Gasteiger partial charge on any atom is 0.244 e. The van der Waals surface area contributed by atoms with Crippen molar-refractivity contribution in [3.8, 4) is 0 Å². The molecule has 2 amide bonds. The van der Waals surface area contributed by atoms with E-state index < -0.39 is 28.5 Å². The van der Waals surface area contributed by atoms with Crippen LogP contribution in [0.25, 0.3) is 0 Å². The van der Waals surface area contributed by atoms with Gasteiger partial charge in [-0.05, 0) is 48.2 Å². The van der Waals surface area contributed by atoms with Crippen LogP contribution >= 0.6 is 23.2 Å². The minimum Gasteiger partial charge on any atom is -0.354 e. The molecule has 3 rings (SSSR count). The van der Waals surface area contributed by atoms with Crippen LogP contribution in [0.2, 0.25) is 10.0 Å². The molecule has 0 radical (unpaired) electrons. The average Bonchev–Trinajstić information content (AvgIpc) is 2.89. The van der Waals surface area contributed by atoms with Crippen molar-refractivity contribution in [3.63, 3.8) is 0 Å². The number of carbonyl (C=O) groups excluding carboxylic acids is 2. The molecular formula is C30H35Cl2N3O4S. The highest BCUT2D eigenvalue weighted by Crippen LogP contribution is 2.27. The van der Waals surface area contributed by atoms with Crippen LogP contribution in [0.5, 0.6) is 0 Å². The number of carbonyl (C=O) groups is 2. The summed E-state index contributed by atoms with van der Waals surface area (Å²) < 4.78 is 26.7. The zero-order valence-electron chi connectivity index (χ0n) is 22.9. The summed E-state index contributed by atoms with van der Waals surface area (Å²) in [7, 11) is -3.92. The second kappa shape index (κ2) is 14.5. The van der Waals surface area contributed by atoms with E-state index in [9.17, 15) is 18.0 Å². The van der Waals surface area contributed by atoms with E-state index in [4.69, 9.17) is 23.2 Å². The number of amides is 2. The first-order valence-corrected chi connectivity index (χ1v) is 15.7. The summed E-state index contributed by atoms with van der Waals surface area (Å²) in [4.78, 5) is 29.2. The molecule has 0 aliphatic rings. The Bertz CT molecular complexity index is 1400. The fourth-order valence-corrected chi connectivity index (χ4v) is 5.68. The topological polar surface area (TPSA) is 86.8 Å². The van der Waals surface area contributed by atoms with E-state index in [1.807, 2.05) is 68.4 Å². The number of aryl methyl sites for hydroxylation is 1. The van der Waals surface area contributed by atoms with Gasteiger partial charge < -0.3 is 10.2 Å². The van der Waals surface area contributed by atoms with Gasteiger partial charge in [-0.1, -0.05) is 91.1 Å². The number of rotatable bonds is 13. The number of hydrogen-bond acceptors (Lipinski definition) is 4. The van der Waals surface area contributed by atoms with E-state index in [0.717, 1.165) is 40.1 Å². The van der Waals surface area contributed by atoms with Crippen molar-refractivity contribution in [2.45, 2.75) is 45.7 Å². The second-order valence-electron chi connectivity index (χ2n) is 9.70. The molecule has 214 valence electrons. The van der Waals surface area contributed by atoms with Gasteiger partial charge in [0.25, 0.3) is 0 Å². The van der Waals surface area contributed by atoms with Gasteiger partial charge in [-0.15, -0.1) is 0 Å². The summed E-state index contributed by atoms with van der Waals surface area (Å²) in [5, 5.41) is 3.44. The van der Waals surface area contributed by atoms with E-state index in [1.165, 1.54) is 23.1 Å².